The van der Waals surface area contributed by atoms with Gasteiger partial charge in [-0.15, -0.1) is 0 Å². The van der Waals surface area contributed by atoms with Gasteiger partial charge in [-0.05, 0) is 19.6 Å². The molecule has 0 bridgehead atoms. The van der Waals surface area contributed by atoms with Gasteiger partial charge in [0, 0.05) is 30.8 Å². The number of hydrogen-bond acceptors (Lipinski definition) is 3. The highest BCUT2D eigenvalue weighted by Crippen LogP contribution is 2.05. The van der Waals surface area contributed by atoms with Crippen molar-refractivity contribution in [3.8, 4) is 0 Å². The van der Waals surface area contributed by atoms with E-state index in [1.54, 1.807) is 0 Å². The number of thioether (sulfide) groups is 1. The molecule has 0 spiro atoms. The Hall–Kier alpha value is -0.220. The zero-order valence-corrected chi connectivity index (χ0v) is 9.12. The Kier molecular flexibility index (Phi) is 4.59. The molecule has 1 saturated heterocycles. The van der Waals surface area contributed by atoms with Crippen LogP contribution >= 0.6 is 11.8 Å². The van der Waals surface area contributed by atoms with E-state index < -0.39 is 0 Å². The molecule has 4 heteroatoms. The van der Waals surface area contributed by atoms with E-state index in [0.29, 0.717) is 18.5 Å². The molecule has 1 amide bonds. The molecule has 0 aromatic heterocycles. The van der Waals surface area contributed by atoms with Gasteiger partial charge in [0.2, 0.25) is 5.91 Å². The monoisotopic (exact) mass is 202 g/mol. The second kappa shape index (κ2) is 5.50. The summed E-state index contributed by atoms with van der Waals surface area (Å²) in [4.78, 5) is 10.9. The molecule has 0 aromatic carbocycles. The molecule has 2 unspecified atom stereocenters. The third-order valence-corrected chi connectivity index (χ3v) is 3.05. The van der Waals surface area contributed by atoms with E-state index in [2.05, 4.69) is 23.8 Å². The highest BCUT2D eigenvalue weighted by molar-refractivity contribution is 7.98. The van der Waals surface area contributed by atoms with Crippen molar-refractivity contribution in [3.63, 3.8) is 0 Å². The number of rotatable bonds is 5. The lowest BCUT2D eigenvalue weighted by atomic mass is 10.2. The fraction of sp³-hybridized carbons (Fsp3) is 0.889. The van der Waals surface area contributed by atoms with Gasteiger partial charge in [0.05, 0.1) is 0 Å². The van der Waals surface area contributed by atoms with Gasteiger partial charge in [-0.1, -0.05) is 0 Å². The fourth-order valence-electron chi connectivity index (χ4n) is 1.48. The van der Waals surface area contributed by atoms with Crippen molar-refractivity contribution in [1.29, 1.82) is 0 Å². The first-order valence-corrected chi connectivity index (χ1v) is 6.13. The molecule has 2 atom stereocenters. The average Bonchev–Trinajstić information content (AvgIpc) is 2.49. The molecule has 0 aliphatic carbocycles. The predicted molar refractivity (Wildman–Crippen MR) is 57.0 cm³/mol. The van der Waals surface area contributed by atoms with Gasteiger partial charge in [0.1, 0.15) is 0 Å². The third-order valence-electron chi connectivity index (χ3n) is 2.21. The summed E-state index contributed by atoms with van der Waals surface area (Å²) in [7, 11) is 0. The molecule has 0 radical (unpaired) electrons. The lowest BCUT2D eigenvalue weighted by Crippen LogP contribution is -2.40. The summed E-state index contributed by atoms with van der Waals surface area (Å²) < 4.78 is 0. The van der Waals surface area contributed by atoms with Crippen molar-refractivity contribution in [1.82, 2.24) is 10.6 Å². The van der Waals surface area contributed by atoms with Crippen LogP contribution < -0.4 is 10.6 Å². The predicted octanol–water partition coefficient (Wildman–Crippen LogP) is 0.606. The van der Waals surface area contributed by atoms with Crippen LogP contribution in [0.1, 0.15) is 19.8 Å². The molecule has 2 N–H and O–H groups in total. The topological polar surface area (TPSA) is 41.1 Å². The number of nitrogens with one attached hydrogen (secondary N) is 2. The van der Waals surface area contributed by atoms with E-state index in [-0.39, 0.29) is 5.91 Å². The minimum absolute atomic E-state index is 0.198. The quantitative estimate of drug-likeness (QED) is 0.686. The zero-order chi connectivity index (χ0) is 9.68. The Bertz CT molecular complexity index is 175. The van der Waals surface area contributed by atoms with Crippen LogP contribution in [0.3, 0.4) is 0 Å². The molecule has 1 aliphatic rings. The van der Waals surface area contributed by atoms with Crippen molar-refractivity contribution in [3.05, 3.63) is 0 Å². The smallest absolute Gasteiger partial charge is 0.220 e. The van der Waals surface area contributed by atoms with Crippen LogP contribution in [0.2, 0.25) is 0 Å². The minimum Gasteiger partial charge on any atom is -0.352 e. The highest BCUT2D eigenvalue weighted by Gasteiger charge is 2.20. The van der Waals surface area contributed by atoms with E-state index >= 15 is 0 Å². The average molecular weight is 202 g/mol. The van der Waals surface area contributed by atoms with Crippen LogP contribution in [-0.2, 0) is 4.79 Å². The number of carbonyl (C=O) groups is 1. The third kappa shape index (κ3) is 4.00. The summed E-state index contributed by atoms with van der Waals surface area (Å²) in [6.45, 7) is 3.08. The van der Waals surface area contributed by atoms with Gasteiger partial charge in [0.15, 0.2) is 0 Å². The van der Waals surface area contributed by atoms with Gasteiger partial charge < -0.3 is 10.6 Å². The van der Waals surface area contributed by atoms with Crippen LogP contribution in [0.5, 0.6) is 0 Å². The van der Waals surface area contributed by atoms with E-state index in [1.165, 1.54) is 0 Å². The number of carbonyl (C=O) groups excluding carboxylic acids is 1. The van der Waals surface area contributed by atoms with E-state index in [0.717, 1.165) is 18.7 Å². The molecule has 3 nitrogen and oxygen atoms in total. The molecule has 1 fully saturated rings. The van der Waals surface area contributed by atoms with Crippen molar-refractivity contribution in [2.75, 3.05) is 18.6 Å². The first kappa shape index (κ1) is 10.9. The molecule has 13 heavy (non-hydrogen) atoms. The fourth-order valence-corrected chi connectivity index (χ4v) is 2.10. The Balaban J connectivity index is 2.08. The van der Waals surface area contributed by atoms with E-state index in [1.807, 2.05) is 11.8 Å². The molecule has 1 heterocycles. The van der Waals surface area contributed by atoms with Gasteiger partial charge in [-0.25, -0.2) is 0 Å². The number of hydrogen-bond donors (Lipinski definition) is 2. The Labute approximate surface area is 84.0 Å². The summed E-state index contributed by atoms with van der Waals surface area (Å²) in [6, 6.07) is 0.893. The van der Waals surface area contributed by atoms with Gasteiger partial charge in [-0.2, -0.15) is 11.8 Å². The summed E-state index contributed by atoms with van der Waals surface area (Å²) in [5.74, 6) is 1.32. The van der Waals surface area contributed by atoms with Crippen LogP contribution in [0.4, 0.5) is 0 Å². The lowest BCUT2D eigenvalue weighted by molar-refractivity contribution is -0.119. The van der Waals surface area contributed by atoms with Crippen molar-refractivity contribution in [2.24, 2.45) is 0 Å². The summed E-state index contributed by atoms with van der Waals surface area (Å²) >= 11 is 1.84. The summed E-state index contributed by atoms with van der Waals surface area (Å²) in [6.07, 6.45) is 3.79. The van der Waals surface area contributed by atoms with Crippen LogP contribution in [0.15, 0.2) is 0 Å². The largest absolute Gasteiger partial charge is 0.352 e. The Morgan fingerprint density at radius 2 is 2.54 bits per heavy atom. The normalized spacial score (nSPS) is 24.5. The van der Waals surface area contributed by atoms with Crippen LogP contribution in [-0.4, -0.2) is 36.5 Å². The van der Waals surface area contributed by atoms with Crippen molar-refractivity contribution in [2.45, 2.75) is 31.8 Å². The Morgan fingerprint density at radius 1 is 1.77 bits per heavy atom. The Morgan fingerprint density at radius 3 is 3.08 bits per heavy atom. The van der Waals surface area contributed by atoms with E-state index in [9.17, 15) is 4.79 Å². The maximum absolute atomic E-state index is 10.9. The molecule has 0 aromatic rings. The number of amides is 1. The van der Waals surface area contributed by atoms with Gasteiger partial charge in [0.25, 0.3) is 0 Å². The van der Waals surface area contributed by atoms with E-state index in [4.69, 9.17) is 0 Å². The maximum Gasteiger partial charge on any atom is 0.220 e. The minimum atomic E-state index is 0.198. The second-order valence-electron chi connectivity index (χ2n) is 3.57. The standard InChI is InChI=1S/C9H18N2OS/c1-7(6-13-2)10-5-8-3-4-9(12)11-8/h7-8,10H,3-6H2,1-2H3,(H,11,12). The molecular weight excluding hydrogens is 184 g/mol. The molecule has 1 aliphatic heterocycles. The second-order valence-corrected chi connectivity index (χ2v) is 4.48. The maximum atomic E-state index is 10.9. The molecule has 0 saturated carbocycles. The summed E-state index contributed by atoms with van der Waals surface area (Å²) in [5, 5.41) is 6.35. The van der Waals surface area contributed by atoms with Crippen LogP contribution in [0.25, 0.3) is 0 Å². The molecule has 76 valence electrons. The van der Waals surface area contributed by atoms with Crippen molar-refractivity contribution < 1.29 is 4.79 Å². The lowest BCUT2D eigenvalue weighted by Gasteiger charge is -2.16. The van der Waals surface area contributed by atoms with Gasteiger partial charge >= 0.3 is 0 Å². The first-order chi connectivity index (χ1) is 6.22. The first-order valence-electron chi connectivity index (χ1n) is 4.74. The SMILES string of the molecule is CSCC(C)NCC1CCC(=O)N1. The van der Waals surface area contributed by atoms with Crippen LogP contribution in [0, 0.1) is 0 Å². The molecule has 1 rings (SSSR count). The van der Waals surface area contributed by atoms with Crippen molar-refractivity contribution >= 4 is 17.7 Å². The highest BCUT2D eigenvalue weighted by atomic mass is 32.2. The zero-order valence-electron chi connectivity index (χ0n) is 8.30. The van der Waals surface area contributed by atoms with Gasteiger partial charge in [-0.3, -0.25) is 4.79 Å². The summed E-state index contributed by atoms with van der Waals surface area (Å²) in [5.41, 5.74) is 0. The molecular formula is C9H18N2OS.